The zero-order chi connectivity index (χ0) is 21.7. The van der Waals surface area contributed by atoms with Crippen molar-refractivity contribution in [3.63, 3.8) is 0 Å². The number of nitrogens with two attached hydrogens (primary N) is 1. The number of primary amides is 1. The Morgan fingerprint density at radius 3 is 2.23 bits per heavy atom. The summed E-state index contributed by atoms with van der Waals surface area (Å²) in [6.45, 7) is 0.214. The Hall–Kier alpha value is -4.07. The van der Waals surface area contributed by atoms with Crippen molar-refractivity contribution in [3.05, 3.63) is 87.8 Å². The first kappa shape index (κ1) is 20.7. The van der Waals surface area contributed by atoms with Crippen LogP contribution in [0.25, 0.3) is 0 Å². The van der Waals surface area contributed by atoms with E-state index in [1.807, 2.05) is 0 Å². The van der Waals surface area contributed by atoms with Crippen molar-refractivity contribution in [2.45, 2.75) is 6.54 Å². The summed E-state index contributed by atoms with van der Waals surface area (Å²) in [6.07, 6.45) is 1.59. The molecule has 2 aromatic carbocycles. The second-order valence-electron chi connectivity index (χ2n) is 6.44. The maximum absolute atomic E-state index is 12.9. The summed E-state index contributed by atoms with van der Waals surface area (Å²) < 4.78 is 11.9. The van der Waals surface area contributed by atoms with Gasteiger partial charge in [0.1, 0.15) is 17.1 Å². The highest BCUT2D eigenvalue weighted by Crippen LogP contribution is 2.23. The van der Waals surface area contributed by atoms with E-state index in [0.29, 0.717) is 11.5 Å². The average molecular weight is 407 g/mol. The zero-order valence-corrected chi connectivity index (χ0v) is 16.5. The Balaban J connectivity index is 1.90. The highest BCUT2D eigenvalue weighted by atomic mass is 16.5. The molecule has 0 aliphatic carbocycles. The molecule has 0 atom stereocenters. The minimum Gasteiger partial charge on any atom is -0.497 e. The maximum atomic E-state index is 12.9. The minimum atomic E-state index is -0.677. The second-order valence-corrected chi connectivity index (χ2v) is 6.44. The molecule has 154 valence electrons. The van der Waals surface area contributed by atoms with E-state index in [1.54, 1.807) is 62.9 Å². The zero-order valence-electron chi connectivity index (χ0n) is 16.5. The molecule has 0 unspecified atom stereocenters. The van der Waals surface area contributed by atoms with Gasteiger partial charge in [-0.3, -0.25) is 14.4 Å². The third-order valence-electron chi connectivity index (χ3n) is 4.47. The molecule has 0 radical (unpaired) electrons. The number of nitrogens with zero attached hydrogens (tertiary/aromatic N) is 1. The van der Waals surface area contributed by atoms with Gasteiger partial charge >= 0.3 is 0 Å². The van der Waals surface area contributed by atoms with Crippen molar-refractivity contribution < 1.29 is 19.1 Å². The van der Waals surface area contributed by atoms with Gasteiger partial charge in [-0.05, 0) is 42.0 Å². The number of aromatic nitrogens is 1. The molecule has 0 fully saturated rings. The number of methoxy groups -OCH3 is 2. The standard InChI is InChI=1S/C22H21N3O5/c1-29-15-10-14(11-16(12-15)30-2)13-25-9-5-7-18(22(25)28)21(27)24-19-8-4-3-6-17(19)20(23)26/h3-12H,13H2,1-2H3,(H2,23,26)(H,24,27). The fourth-order valence-corrected chi connectivity index (χ4v) is 2.99. The van der Waals surface area contributed by atoms with Crippen molar-refractivity contribution >= 4 is 17.5 Å². The molecule has 0 bridgehead atoms. The molecule has 0 saturated carbocycles. The quantitative estimate of drug-likeness (QED) is 0.624. The number of carbonyl (C=O) groups excluding carboxylic acids is 2. The van der Waals surface area contributed by atoms with Gasteiger partial charge in [0, 0.05) is 12.3 Å². The lowest BCUT2D eigenvalue weighted by molar-refractivity contribution is 0.100. The maximum Gasteiger partial charge on any atom is 0.263 e. The van der Waals surface area contributed by atoms with E-state index in [9.17, 15) is 14.4 Å². The molecule has 0 aliphatic rings. The molecule has 3 N–H and O–H groups in total. The van der Waals surface area contributed by atoms with E-state index in [1.165, 1.54) is 16.7 Å². The van der Waals surface area contributed by atoms with Crippen molar-refractivity contribution in [1.29, 1.82) is 0 Å². The molecular weight excluding hydrogens is 386 g/mol. The van der Waals surface area contributed by atoms with E-state index in [0.717, 1.165) is 5.56 Å². The topological polar surface area (TPSA) is 113 Å². The fourth-order valence-electron chi connectivity index (χ4n) is 2.99. The van der Waals surface area contributed by atoms with Crippen LogP contribution in [-0.2, 0) is 6.54 Å². The van der Waals surface area contributed by atoms with Crippen LogP contribution in [0.4, 0.5) is 5.69 Å². The molecule has 8 nitrogen and oxygen atoms in total. The Kier molecular flexibility index (Phi) is 6.17. The van der Waals surface area contributed by atoms with E-state index >= 15 is 0 Å². The van der Waals surface area contributed by atoms with Crippen LogP contribution in [0.1, 0.15) is 26.3 Å². The summed E-state index contributed by atoms with van der Waals surface area (Å²) in [7, 11) is 3.08. The van der Waals surface area contributed by atoms with Gasteiger partial charge in [-0.15, -0.1) is 0 Å². The van der Waals surface area contributed by atoms with Crippen LogP contribution in [0, 0.1) is 0 Å². The number of hydrogen-bond acceptors (Lipinski definition) is 5. The van der Waals surface area contributed by atoms with Crippen molar-refractivity contribution in [2.75, 3.05) is 19.5 Å². The molecule has 2 amide bonds. The van der Waals surface area contributed by atoms with Gasteiger partial charge in [0.05, 0.1) is 32.0 Å². The molecule has 0 spiro atoms. The van der Waals surface area contributed by atoms with E-state index in [-0.39, 0.29) is 23.4 Å². The number of amides is 2. The van der Waals surface area contributed by atoms with E-state index in [4.69, 9.17) is 15.2 Å². The highest BCUT2D eigenvalue weighted by Gasteiger charge is 2.16. The number of para-hydroxylation sites is 1. The van der Waals surface area contributed by atoms with Gasteiger partial charge < -0.3 is 25.1 Å². The average Bonchev–Trinajstić information content (AvgIpc) is 2.75. The third kappa shape index (κ3) is 4.49. The lowest BCUT2D eigenvalue weighted by Gasteiger charge is -2.12. The first-order valence-corrected chi connectivity index (χ1v) is 9.04. The van der Waals surface area contributed by atoms with E-state index < -0.39 is 17.4 Å². The van der Waals surface area contributed by atoms with Crippen LogP contribution in [0.15, 0.2) is 65.6 Å². The summed E-state index contributed by atoms with van der Waals surface area (Å²) in [5.74, 6) is -0.127. The van der Waals surface area contributed by atoms with Crippen molar-refractivity contribution in [1.82, 2.24) is 4.57 Å². The van der Waals surface area contributed by atoms with Crippen LogP contribution < -0.4 is 26.1 Å². The van der Waals surface area contributed by atoms with Gasteiger partial charge in [-0.2, -0.15) is 0 Å². The Bertz CT molecular complexity index is 1130. The molecule has 1 aromatic heterocycles. The molecule has 0 saturated heterocycles. The van der Waals surface area contributed by atoms with Crippen molar-refractivity contribution in [2.24, 2.45) is 5.73 Å². The van der Waals surface area contributed by atoms with Crippen molar-refractivity contribution in [3.8, 4) is 11.5 Å². The normalized spacial score (nSPS) is 10.3. The predicted molar refractivity (Wildman–Crippen MR) is 112 cm³/mol. The lowest BCUT2D eigenvalue weighted by atomic mass is 10.1. The number of hydrogen-bond donors (Lipinski definition) is 2. The number of benzene rings is 2. The fraction of sp³-hybridized carbons (Fsp3) is 0.136. The summed E-state index contributed by atoms with van der Waals surface area (Å²) >= 11 is 0. The Morgan fingerprint density at radius 1 is 0.967 bits per heavy atom. The largest absolute Gasteiger partial charge is 0.497 e. The van der Waals surface area contributed by atoms with Gasteiger partial charge in [0.25, 0.3) is 17.4 Å². The summed E-state index contributed by atoms with van der Waals surface area (Å²) in [6, 6.07) is 14.7. The van der Waals surface area contributed by atoms with E-state index in [2.05, 4.69) is 5.32 Å². The Morgan fingerprint density at radius 2 is 1.60 bits per heavy atom. The van der Waals surface area contributed by atoms with Crippen LogP contribution in [0.2, 0.25) is 0 Å². The lowest BCUT2D eigenvalue weighted by Crippen LogP contribution is -2.29. The predicted octanol–water partition coefficient (Wildman–Crippen LogP) is 2.27. The molecular formula is C22H21N3O5. The number of pyridine rings is 1. The van der Waals surface area contributed by atoms with Crippen LogP contribution in [0.3, 0.4) is 0 Å². The van der Waals surface area contributed by atoms with Gasteiger partial charge in [0.15, 0.2) is 0 Å². The molecule has 0 aliphatic heterocycles. The van der Waals surface area contributed by atoms with Gasteiger partial charge in [-0.25, -0.2) is 0 Å². The SMILES string of the molecule is COc1cc(Cn2cccc(C(=O)Nc3ccccc3C(N)=O)c2=O)cc(OC)c1. The molecule has 1 heterocycles. The van der Waals surface area contributed by atoms with Crippen LogP contribution >= 0.6 is 0 Å². The van der Waals surface area contributed by atoms with Crippen LogP contribution in [-0.4, -0.2) is 30.6 Å². The summed E-state index contributed by atoms with van der Waals surface area (Å²) in [5, 5.41) is 2.58. The number of rotatable bonds is 7. The Labute approximate surface area is 172 Å². The molecule has 3 rings (SSSR count). The monoisotopic (exact) mass is 407 g/mol. The van der Waals surface area contributed by atoms with Gasteiger partial charge in [-0.1, -0.05) is 12.1 Å². The second kappa shape index (κ2) is 8.95. The molecule has 30 heavy (non-hydrogen) atoms. The smallest absolute Gasteiger partial charge is 0.263 e. The minimum absolute atomic E-state index is 0.0633. The first-order chi connectivity index (χ1) is 14.4. The molecule has 8 heteroatoms. The number of nitrogens with one attached hydrogen (secondary N) is 1. The summed E-state index contributed by atoms with van der Waals surface area (Å²) in [5.41, 5.74) is 5.96. The molecule has 3 aromatic rings. The first-order valence-electron chi connectivity index (χ1n) is 9.04. The number of carbonyl (C=O) groups is 2. The number of ether oxygens (including phenoxy) is 2. The van der Waals surface area contributed by atoms with Crippen LogP contribution in [0.5, 0.6) is 11.5 Å². The highest BCUT2D eigenvalue weighted by molar-refractivity contribution is 6.08. The number of anilines is 1. The third-order valence-corrected chi connectivity index (χ3v) is 4.47. The van der Waals surface area contributed by atoms with Gasteiger partial charge in [0.2, 0.25) is 0 Å². The summed E-state index contributed by atoms with van der Waals surface area (Å²) in [4.78, 5) is 37.1.